The number of carboxylic acids is 1. The van der Waals surface area contributed by atoms with Gasteiger partial charge in [-0.3, -0.25) is 19.2 Å². The van der Waals surface area contributed by atoms with Crippen LogP contribution in [0.25, 0.3) is 0 Å². The van der Waals surface area contributed by atoms with E-state index in [-0.39, 0.29) is 30.9 Å². The summed E-state index contributed by atoms with van der Waals surface area (Å²) < 4.78 is 0. The summed E-state index contributed by atoms with van der Waals surface area (Å²) in [4.78, 5) is 61.6. The van der Waals surface area contributed by atoms with Gasteiger partial charge in [0.05, 0.1) is 6.04 Å². The molecule has 0 saturated carbocycles. The monoisotopic (exact) mass is 521 g/mol. The van der Waals surface area contributed by atoms with Gasteiger partial charge in [-0.2, -0.15) is 0 Å². The van der Waals surface area contributed by atoms with Crippen LogP contribution in [0.3, 0.4) is 0 Å². The highest BCUT2D eigenvalue weighted by Crippen LogP contribution is 2.13. The molecule has 4 amide bonds. The van der Waals surface area contributed by atoms with Crippen molar-refractivity contribution in [1.29, 1.82) is 0 Å². The van der Waals surface area contributed by atoms with E-state index in [0.717, 1.165) is 0 Å². The number of carbonyl (C=O) groups is 5. The third-order valence-electron chi connectivity index (χ3n) is 6.07. The first kappa shape index (κ1) is 31.4. The van der Waals surface area contributed by atoms with E-state index in [1.165, 1.54) is 12.1 Å². The summed E-state index contributed by atoms with van der Waals surface area (Å²) >= 11 is 0. The van der Waals surface area contributed by atoms with E-state index in [1.807, 2.05) is 0 Å². The molecule has 1 rings (SSSR count). The number of phenols is 1. The van der Waals surface area contributed by atoms with Crippen LogP contribution in [0.1, 0.15) is 52.5 Å². The predicted octanol–water partition coefficient (Wildman–Crippen LogP) is -0.231. The van der Waals surface area contributed by atoms with Gasteiger partial charge in [0, 0.05) is 12.8 Å². The van der Waals surface area contributed by atoms with Gasteiger partial charge < -0.3 is 37.6 Å². The summed E-state index contributed by atoms with van der Waals surface area (Å²) in [6, 6.07) is 1.53. The molecule has 1 aromatic rings. The summed E-state index contributed by atoms with van der Waals surface area (Å²) in [5.74, 6) is -4.56. The summed E-state index contributed by atoms with van der Waals surface area (Å²) in [5, 5.41) is 26.7. The van der Waals surface area contributed by atoms with Crippen LogP contribution >= 0.6 is 0 Å². The van der Waals surface area contributed by atoms with Crippen LogP contribution in [0.15, 0.2) is 24.3 Å². The van der Waals surface area contributed by atoms with E-state index in [2.05, 4.69) is 16.0 Å². The van der Waals surface area contributed by atoms with Crippen LogP contribution in [0.4, 0.5) is 0 Å². The van der Waals surface area contributed by atoms with Crippen LogP contribution in [-0.4, -0.2) is 64.0 Å². The molecule has 0 saturated heterocycles. The number of nitrogens with one attached hydrogen (secondary N) is 3. The highest BCUT2D eigenvalue weighted by molar-refractivity contribution is 5.94. The SMILES string of the molecule is CCC(C)C(NC(=O)C(NC(=O)C(Cc1ccc(O)cc1)NC(=O)C(N)CCC(N)=O)C(C)C)C(=O)O. The topological polar surface area (TPSA) is 214 Å². The minimum Gasteiger partial charge on any atom is -0.508 e. The van der Waals surface area contributed by atoms with E-state index in [0.29, 0.717) is 12.0 Å². The Bertz CT molecular complexity index is 951. The normalized spacial score (nSPS) is 15.1. The average Bonchev–Trinajstić information content (AvgIpc) is 2.83. The maximum atomic E-state index is 13.3. The average molecular weight is 522 g/mol. The summed E-state index contributed by atoms with van der Waals surface area (Å²) in [7, 11) is 0. The number of nitrogens with two attached hydrogens (primary N) is 2. The number of hydrogen-bond acceptors (Lipinski definition) is 7. The lowest BCUT2D eigenvalue weighted by Gasteiger charge is -2.28. The number of phenolic OH excluding ortho intramolecular Hbond substituents is 1. The number of hydrogen-bond donors (Lipinski definition) is 7. The molecular weight excluding hydrogens is 482 g/mol. The molecule has 0 bridgehead atoms. The van der Waals surface area contributed by atoms with E-state index in [4.69, 9.17) is 11.5 Å². The fraction of sp³-hybridized carbons (Fsp3) is 0.560. The second kappa shape index (κ2) is 14.8. The maximum absolute atomic E-state index is 13.3. The fourth-order valence-corrected chi connectivity index (χ4v) is 3.50. The molecule has 0 aromatic heterocycles. The molecule has 37 heavy (non-hydrogen) atoms. The number of rotatable bonds is 15. The summed E-state index contributed by atoms with van der Waals surface area (Å²) in [6.07, 6.45) is 0.405. The van der Waals surface area contributed by atoms with E-state index >= 15 is 0 Å². The molecule has 12 nitrogen and oxygen atoms in total. The lowest BCUT2D eigenvalue weighted by atomic mass is 9.97. The van der Waals surface area contributed by atoms with Crippen LogP contribution in [0.2, 0.25) is 0 Å². The largest absolute Gasteiger partial charge is 0.508 e. The van der Waals surface area contributed by atoms with Gasteiger partial charge >= 0.3 is 5.97 Å². The molecular formula is C25H39N5O7. The van der Waals surface area contributed by atoms with E-state index in [1.54, 1.807) is 39.8 Å². The quantitative estimate of drug-likeness (QED) is 0.163. The van der Waals surface area contributed by atoms with Gasteiger partial charge in [-0.05, 0) is 36.0 Å². The van der Waals surface area contributed by atoms with Crippen LogP contribution in [-0.2, 0) is 30.4 Å². The standard InChI is InChI=1S/C25H39N5O7/c1-5-14(4)21(25(36)37)30-24(35)20(13(2)3)29-23(34)18(12-15-6-8-16(31)9-7-15)28-22(33)17(26)10-11-19(27)32/h6-9,13-14,17-18,20-21,31H,5,10-12,26H2,1-4H3,(H2,27,32)(H,28,33)(H,29,34)(H,30,35)(H,36,37). The zero-order valence-electron chi connectivity index (χ0n) is 21.7. The second-order valence-electron chi connectivity index (χ2n) is 9.48. The molecule has 0 fully saturated rings. The van der Waals surface area contributed by atoms with Crippen LogP contribution in [0, 0.1) is 11.8 Å². The van der Waals surface area contributed by atoms with Crippen molar-refractivity contribution in [1.82, 2.24) is 16.0 Å². The molecule has 0 aliphatic rings. The van der Waals surface area contributed by atoms with Crippen LogP contribution < -0.4 is 27.4 Å². The Labute approximate surface area is 216 Å². The Balaban J connectivity index is 3.11. The Morgan fingerprint density at radius 2 is 1.46 bits per heavy atom. The van der Waals surface area contributed by atoms with Gasteiger partial charge in [-0.1, -0.05) is 46.2 Å². The van der Waals surface area contributed by atoms with Crippen molar-refractivity contribution in [2.75, 3.05) is 0 Å². The predicted molar refractivity (Wildman–Crippen MR) is 136 cm³/mol. The van der Waals surface area contributed by atoms with E-state index < -0.39 is 59.7 Å². The van der Waals surface area contributed by atoms with Crippen molar-refractivity contribution in [3.05, 3.63) is 29.8 Å². The number of amides is 4. The number of aromatic hydroxyl groups is 1. The van der Waals surface area contributed by atoms with Gasteiger partial charge in [0.1, 0.15) is 23.9 Å². The van der Waals surface area contributed by atoms with Crippen molar-refractivity contribution >= 4 is 29.6 Å². The lowest BCUT2D eigenvalue weighted by molar-refractivity contribution is -0.144. The number of carboxylic acid groups (broad SMARTS) is 1. The fourth-order valence-electron chi connectivity index (χ4n) is 3.50. The number of benzene rings is 1. The summed E-state index contributed by atoms with van der Waals surface area (Å²) in [5.41, 5.74) is 11.6. The molecule has 9 N–H and O–H groups in total. The van der Waals surface area contributed by atoms with E-state index in [9.17, 15) is 34.2 Å². The van der Waals surface area contributed by atoms with Gasteiger partial charge in [0.25, 0.3) is 0 Å². The van der Waals surface area contributed by atoms with Crippen molar-refractivity contribution in [2.45, 2.75) is 77.5 Å². The highest BCUT2D eigenvalue weighted by atomic mass is 16.4. The Morgan fingerprint density at radius 3 is 1.95 bits per heavy atom. The van der Waals surface area contributed by atoms with Crippen LogP contribution in [0.5, 0.6) is 5.75 Å². The smallest absolute Gasteiger partial charge is 0.326 e. The highest BCUT2D eigenvalue weighted by Gasteiger charge is 2.33. The first-order valence-corrected chi connectivity index (χ1v) is 12.2. The molecule has 0 spiro atoms. The molecule has 0 radical (unpaired) electrons. The Hall–Kier alpha value is -3.67. The lowest BCUT2D eigenvalue weighted by Crippen LogP contribution is -2.59. The third kappa shape index (κ3) is 10.5. The summed E-state index contributed by atoms with van der Waals surface area (Å²) in [6.45, 7) is 6.89. The number of carbonyl (C=O) groups excluding carboxylic acids is 4. The minimum absolute atomic E-state index is 0.0114. The maximum Gasteiger partial charge on any atom is 0.326 e. The molecule has 206 valence electrons. The molecule has 12 heteroatoms. The molecule has 0 aliphatic carbocycles. The third-order valence-corrected chi connectivity index (χ3v) is 6.07. The molecule has 0 heterocycles. The Kier molecular flexibility index (Phi) is 12.5. The van der Waals surface area contributed by atoms with Crippen molar-refractivity contribution in [3.8, 4) is 5.75 Å². The first-order valence-electron chi connectivity index (χ1n) is 12.2. The van der Waals surface area contributed by atoms with Gasteiger partial charge in [-0.25, -0.2) is 4.79 Å². The van der Waals surface area contributed by atoms with Gasteiger partial charge in [-0.15, -0.1) is 0 Å². The molecule has 1 aromatic carbocycles. The minimum atomic E-state index is -1.18. The van der Waals surface area contributed by atoms with Crippen molar-refractivity contribution in [2.24, 2.45) is 23.3 Å². The van der Waals surface area contributed by atoms with Crippen molar-refractivity contribution in [3.63, 3.8) is 0 Å². The van der Waals surface area contributed by atoms with Gasteiger partial charge in [0.2, 0.25) is 23.6 Å². The molecule has 5 atom stereocenters. The zero-order chi connectivity index (χ0) is 28.3. The molecule has 0 aliphatic heterocycles. The number of primary amides is 1. The zero-order valence-corrected chi connectivity index (χ0v) is 21.7. The van der Waals surface area contributed by atoms with Gasteiger partial charge in [0.15, 0.2) is 0 Å². The number of aliphatic carboxylic acids is 1. The van der Waals surface area contributed by atoms with Crippen molar-refractivity contribution < 1.29 is 34.2 Å². The molecule has 5 unspecified atom stereocenters. The second-order valence-corrected chi connectivity index (χ2v) is 9.48. The Morgan fingerprint density at radius 1 is 0.892 bits per heavy atom. The first-order chi connectivity index (χ1) is 17.3.